The van der Waals surface area contributed by atoms with Crippen LogP contribution in [-0.4, -0.2) is 95.5 Å². The van der Waals surface area contributed by atoms with E-state index in [0.717, 1.165) is 37.8 Å². The van der Waals surface area contributed by atoms with E-state index in [4.69, 9.17) is 4.74 Å². The molecule has 272 valence electrons. The summed E-state index contributed by atoms with van der Waals surface area (Å²) in [6.07, 6.45) is 4.33. The molecule has 1 aromatic carbocycles. The van der Waals surface area contributed by atoms with Crippen LogP contribution >= 0.6 is 11.3 Å². The third-order valence-electron chi connectivity index (χ3n) is 9.95. The summed E-state index contributed by atoms with van der Waals surface area (Å²) in [4.78, 5) is 60.9. The number of carboxylic acids is 1. The maximum Gasteiger partial charge on any atom is 0.306 e. The number of amides is 3. The van der Waals surface area contributed by atoms with E-state index in [9.17, 15) is 24.3 Å². The number of hydrogen-bond acceptors (Lipinski definition) is 8. The number of thiazole rings is 1. The zero-order valence-corrected chi connectivity index (χ0v) is 31.3. The number of nitrogens with one attached hydrogen (secondary N) is 2. The van der Waals surface area contributed by atoms with Gasteiger partial charge in [0.2, 0.25) is 11.8 Å². The van der Waals surface area contributed by atoms with E-state index in [2.05, 4.69) is 34.4 Å². The average molecular weight is 700 g/mol. The molecular weight excluding hydrogens is 643 g/mol. The van der Waals surface area contributed by atoms with Gasteiger partial charge in [-0.05, 0) is 56.7 Å². The molecule has 0 saturated carbocycles. The van der Waals surface area contributed by atoms with Crippen molar-refractivity contribution in [3.05, 3.63) is 52.0 Å². The molecular formula is C37H57N5O6S. The predicted molar refractivity (Wildman–Crippen MR) is 192 cm³/mol. The fourth-order valence-corrected chi connectivity index (χ4v) is 7.42. The van der Waals surface area contributed by atoms with E-state index in [0.29, 0.717) is 17.8 Å². The molecule has 0 spiro atoms. The van der Waals surface area contributed by atoms with Crippen LogP contribution in [0.3, 0.4) is 0 Å². The number of likely N-dealkylation sites (tertiary alicyclic amines) is 1. The van der Waals surface area contributed by atoms with Crippen LogP contribution in [0.4, 0.5) is 0 Å². The van der Waals surface area contributed by atoms with Crippen molar-refractivity contribution in [2.45, 2.75) is 110 Å². The summed E-state index contributed by atoms with van der Waals surface area (Å²) in [6, 6.07) is 8.14. The molecule has 1 saturated heterocycles. The molecule has 11 nitrogen and oxygen atoms in total. The van der Waals surface area contributed by atoms with Crippen molar-refractivity contribution < 1.29 is 29.0 Å². The first-order valence-electron chi connectivity index (χ1n) is 17.6. The van der Waals surface area contributed by atoms with Crippen molar-refractivity contribution in [3.63, 3.8) is 0 Å². The van der Waals surface area contributed by atoms with Gasteiger partial charge in [-0.15, -0.1) is 11.3 Å². The number of aliphatic carboxylic acids is 1. The van der Waals surface area contributed by atoms with Crippen LogP contribution in [0.2, 0.25) is 0 Å². The number of carbonyl (C=O) groups is 4. The molecule has 3 amide bonds. The maximum absolute atomic E-state index is 14.1. The van der Waals surface area contributed by atoms with E-state index in [-0.39, 0.29) is 53.8 Å². The van der Waals surface area contributed by atoms with E-state index >= 15 is 0 Å². The van der Waals surface area contributed by atoms with Gasteiger partial charge in [0.15, 0.2) is 0 Å². The minimum Gasteiger partial charge on any atom is -0.481 e. The van der Waals surface area contributed by atoms with Crippen molar-refractivity contribution in [3.8, 4) is 0 Å². The van der Waals surface area contributed by atoms with Crippen LogP contribution in [-0.2, 0) is 25.5 Å². The fourth-order valence-electron chi connectivity index (χ4n) is 6.54. The Labute approximate surface area is 296 Å². The molecule has 7 atom stereocenters. The molecule has 12 heteroatoms. The van der Waals surface area contributed by atoms with E-state index in [1.807, 2.05) is 51.2 Å². The summed E-state index contributed by atoms with van der Waals surface area (Å²) in [5.74, 6) is -2.13. The lowest BCUT2D eigenvalue weighted by atomic mass is 9.92. The summed E-state index contributed by atoms with van der Waals surface area (Å²) in [7, 11) is 5.35. The smallest absolute Gasteiger partial charge is 0.306 e. The quantitative estimate of drug-likeness (QED) is 0.194. The molecule has 3 N–H and O–H groups in total. The second-order valence-electron chi connectivity index (χ2n) is 14.0. The third-order valence-corrected chi connectivity index (χ3v) is 10.9. The molecule has 2 aromatic rings. The first-order valence-corrected chi connectivity index (χ1v) is 18.5. The molecule has 0 radical (unpaired) electrons. The number of aromatic nitrogens is 1. The number of methoxy groups -OCH3 is 1. The number of carboxylic acid groups (broad SMARTS) is 1. The highest BCUT2D eigenvalue weighted by molar-refractivity contribution is 7.09. The van der Waals surface area contributed by atoms with Crippen LogP contribution in [0.15, 0.2) is 35.7 Å². The standard InChI is InChI=1S/C37H57N5O6S/c1-9-24(4)32(40-34(44)29-17-13-14-18-41(29)6)36(45)42(7)30(23(2)3)21-31(48-8)35-39-28(22-49-35)33(43)38-27(19-25(5)37(46)47)20-26-15-11-10-12-16-26/h10-12,15-16,22-25,27,29-32H,9,13-14,17-21H2,1-8H3,(H,38,43)(H,40,44)(H,46,47)/t24-,25?,27?,29+,30+,31+,32-/m0/s1. The lowest BCUT2D eigenvalue weighted by Crippen LogP contribution is -2.58. The molecule has 2 unspecified atom stereocenters. The lowest BCUT2D eigenvalue weighted by molar-refractivity contribution is -0.141. The third kappa shape index (κ3) is 11.3. The summed E-state index contributed by atoms with van der Waals surface area (Å²) in [5, 5.41) is 17.9. The summed E-state index contributed by atoms with van der Waals surface area (Å²) in [6.45, 7) is 10.6. The van der Waals surface area contributed by atoms with Crippen LogP contribution in [0.5, 0.6) is 0 Å². The highest BCUT2D eigenvalue weighted by Gasteiger charge is 2.37. The molecule has 2 heterocycles. The molecule has 0 bridgehead atoms. The predicted octanol–water partition coefficient (Wildman–Crippen LogP) is 5.17. The van der Waals surface area contributed by atoms with Crippen LogP contribution < -0.4 is 10.6 Å². The van der Waals surface area contributed by atoms with Gasteiger partial charge in [0.1, 0.15) is 22.8 Å². The fraction of sp³-hybridized carbons (Fsp3) is 0.649. The average Bonchev–Trinajstić information content (AvgIpc) is 3.57. The number of likely N-dealkylation sites (N-methyl/N-ethyl adjacent to an activating group) is 2. The number of piperidine rings is 1. The topological polar surface area (TPSA) is 141 Å². The minimum absolute atomic E-state index is 0.0527. The number of ether oxygens (including phenoxy) is 1. The maximum atomic E-state index is 14.1. The van der Waals surface area contributed by atoms with Gasteiger partial charge >= 0.3 is 5.97 Å². The molecule has 0 aliphatic carbocycles. The van der Waals surface area contributed by atoms with Gasteiger partial charge < -0.3 is 25.4 Å². The van der Waals surface area contributed by atoms with E-state index < -0.39 is 30.1 Å². The van der Waals surface area contributed by atoms with Crippen LogP contribution in [0, 0.1) is 17.8 Å². The zero-order chi connectivity index (χ0) is 36.2. The summed E-state index contributed by atoms with van der Waals surface area (Å²) in [5.41, 5.74) is 1.24. The van der Waals surface area contributed by atoms with E-state index in [1.54, 1.807) is 31.4 Å². The normalized spacial score (nSPS) is 18.9. The molecule has 3 rings (SSSR count). The Morgan fingerprint density at radius 2 is 1.78 bits per heavy atom. The van der Waals surface area contributed by atoms with E-state index in [1.165, 1.54) is 11.3 Å². The monoisotopic (exact) mass is 699 g/mol. The second-order valence-corrected chi connectivity index (χ2v) is 14.9. The van der Waals surface area contributed by atoms with Crippen molar-refractivity contribution in [2.75, 3.05) is 27.7 Å². The van der Waals surface area contributed by atoms with Crippen molar-refractivity contribution >= 4 is 35.0 Å². The van der Waals surface area contributed by atoms with Crippen molar-refractivity contribution in [1.29, 1.82) is 0 Å². The number of rotatable bonds is 18. The molecule has 1 aliphatic heterocycles. The Hall–Kier alpha value is -3.35. The van der Waals surface area contributed by atoms with Gasteiger partial charge in [0, 0.05) is 38.0 Å². The van der Waals surface area contributed by atoms with Crippen molar-refractivity contribution in [2.24, 2.45) is 17.8 Å². The molecule has 1 fully saturated rings. The lowest BCUT2D eigenvalue weighted by Gasteiger charge is -2.38. The number of nitrogens with zero attached hydrogens (tertiary/aromatic N) is 3. The Balaban J connectivity index is 1.74. The van der Waals surface area contributed by atoms with Gasteiger partial charge in [0.05, 0.1) is 12.0 Å². The number of benzene rings is 1. The number of carbonyl (C=O) groups excluding carboxylic acids is 3. The highest BCUT2D eigenvalue weighted by atomic mass is 32.1. The van der Waals surface area contributed by atoms with Gasteiger partial charge in [-0.3, -0.25) is 24.1 Å². The minimum atomic E-state index is -0.913. The second kappa shape index (κ2) is 19.2. The van der Waals surface area contributed by atoms with Gasteiger partial charge in [0.25, 0.3) is 5.91 Å². The van der Waals surface area contributed by atoms with Crippen molar-refractivity contribution in [1.82, 2.24) is 25.4 Å². The van der Waals surface area contributed by atoms with Gasteiger partial charge in [-0.2, -0.15) is 0 Å². The zero-order valence-electron chi connectivity index (χ0n) is 30.5. The Morgan fingerprint density at radius 1 is 1.08 bits per heavy atom. The molecule has 1 aromatic heterocycles. The largest absolute Gasteiger partial charge is 0.481 e. The van der Waals surface area contributed by atoms with Crippen LogP contribution in [0.25, 0.3) is 0 Å². The van der Waals surface area contributed by atoms with Gasteiger partial charge in [-0.1, -0.05) is 77.8 Å². The summed E-state index contributed by atoms with van der Waals surface area (Å²) >= 11 is 1.32. The molecule has 49 heavy (non-hydrogen) atoms. The first kappa shape index (κ1) is 40.1. The Bertz CT molecular complexity index is 1370. The van der Waals surface area contributed by atoms with Gasteiger partial charge in [-0.25, -0.2) is 4.98 Å². The first-order chi connectivity index (χ1) is 23.3. The summed E-state index contributed by atoms with van der Waals surface area (Å²) < 4.78 is 5.90. The van der Waals surface area contributed by atoms with Crippen LogP contribution in [0.1, 0.15) is 100 Å². The number of hydrogen-bond donors (Lipinski definition) is 3. The SMILES string of the molecule is CC[C@H](C)[C@H](NC(=O)[C@H]1CCCCN1C)C(=O)N(C)[C@H](C[C@@H](OC)c1nc(C(=O)NC(Cc2ccccc2)CC(C)C(=O)O)cs1)C(C)C. The Morgan fingerprint density at radius 3 is 2.37 bits per heavy atom. The molecule has 1 aliphatic rings. The highest BCUT2D eigenvalue weighted by Crippen LogP contribution is 2.30. The Kier molecular flexibility index (Phi) is 15.7.